The molecule has 12 heteroatoms. The molecule has 0 saturated carbocycles. The first kappa shape index (κ1) is 28.3. The Labute approximate surface area is 180 Å². The monoisotopic (exact) mass is 446 g/mol. The van der Waals surface area contributed by atoms with E-state index in [0.717, 1.165) is 0 Å². The van der Waals surface area contributed by atoms with Gasteiger partial charge >= 0.3 is 11.9 Å². The highest BCUT2D eigenvalue weighted by Gasteiger charge is 2.34. The molecule has 0 spiro atoms. The van der Waals surface area contributed by atoms with E-state index in [1.165, 1.54) is 6.92 Å². The maximum atomic E-state index is 12.6. The van der Waals surface area contributed by atoms with Gasteiger partial charge < -0.3 is 37.0 Å². The van der Waals surface area contributed by atoms with Crippen LogP contribution >= 0.6 is 0 Å². The predicted molar refractivity (Wildman–Crippen MR) is 110 cm³/mol. The van der Waals surface area contributed by atoms with Gasteiger partial charge in [0.2, 0.25) is 17.7 Å². The van der Waals surface area contributed by atoms with Crippen molar-refractivity contribution in [3.63, 3.8) is 0 Å². The Kier molecular flexibility index (Phi) is 11.7. The minimum atomic E-state index is -1.58. The van der Waals surface area contributed by atoms with Crippen LogP contribution in [0.25, 0.3) is 0 Å². The fourth-order valence-corrected chi connectivity index (χ4v) is 2.69. The van der Waals surface area contributed by atoms with Crippen LogP contribution in [0.15, 0.2) is 0 Å². The normalized spacial score (nSPS) is 16.0. The zero-order valence-corrected chi connectivity index (χ0v) is 18.4. The molecule has 0 aliphatic heterocycles. The number of carbonyl (C=O) groups is 5. The topological polar surface area (TPSA) is 208 Å². The summed E-state index contributed by atoms with van der Waals surface area (Å²) in [6, 6.07) is -5.38. The van der Waals surface area contributed by atoms with Crippen molar-refractivity contribution in [3.8, 4) is 0 Å². The average molecular weight is 447 g/mol. The zero-order valence-electron chi connectivity index (χ0n) is 18.4. The Bertz CT molecular complexity index is 665. The number of nitrogens with one attached hydrogen (secondary N) is 3. The molecule has 0 heterocycles. The van der Waals surface area contributed by atoms with Gasteiger partial charge in [-0.15, -0.1) is 0 Å². The van der Waals surface area contributed by atoms with Crippen LogP contribution in [0.3, 0.4) is 0 Å². The van der Waals surface area contributed by atoms with Crippen LogP contribution in [0.2, 0.25) is 0 Å². The lowest BCUT2D eigenvalue weighted by Crippen LogP contribution is -2.60. The number of hydrogen-bond acceptors (Lipinski definition) is 7. The molecule has 12 nitrogen and oxygen atoms in total. The number of rotatable bonds is 13. The largest absolute Gasteiger partial charge is 0.481 e. The summed E-state index contributed by atoms with van der Waals surface area (Å²) in [4.78, 5) is 59.7. The van der Waals surface area contributed by atoms with E-state index in [9.17, 15) is 34.2 Å². The molecule has 0 aliphatic carbocycles. The quantitative estimate of drug-likeness (QED) is 0.174. The second kappa shape index (κ2) is 12.8. The van der Waals surface area contributed by atoms with Crippen LogP contribution in [-0.2, 0) is 24.0 Å². The van der Waals surface area contributed by atoms with Gasteiger partial charge in [0.1, 0.15) is 18.1 Å². The summed E-state index contributed by atoms with van der Waals surface area (Å²) >= 11 is 0. The highest BCUT2D eigenvalue weighted by molar-refractivity contribution is 5.95. The summed E-state index contributed by atoms with van der Waals surface area (Å²) in [5.74, 6) is -5.83. The van der Waals surface area contributed by atoms with Crippen molar-refractivity contribution in [3.05, 3.63) is 0 Å². The molecule has 0 aromatic heterocycles. The van der Waals surface area contributed by atoms with Gasteiger partial charge in [0.15, 0.2) is 0 Å². The van der Waals surface area contributed by atoms with Crippen LogP contribution < -0.4 is 21.7 Å². The van der Waals surface area contributed by atoms with Crippen LogP contribution in [0.1, 0.15) is 47.5 Å². The standard InChI is InChI=1S/C19H34N4O8/c1-8(2)6-11(20)16(27)21-12(7-13(25)26)17(28)23-15(10(5)24)18(29)22-14(9(3)4)19(30)31/h8-12,14-15,24H,6-7,20H2,1-5H3,(H,21,27)(H,22,29)(H,23,28)(H,25,26)(H,30,31). The lowest BCUT2D eigenvalue weighted by molar-refractivity contribution is -0.145. The van der Waals surface area contributed by atoms with E-state index in [0.29, 0.717) is 6.42 Å². The van der Waals surface area contributed by atoms with Gasteiger partial charge in [-0.1, -0.05) is 27.7 Å². The minimum absolute atomic E-state index is 0.0824. The molecule has 5 unspecified atom stereocenters. The molecule has 0 saturated heterocycles. The third kappa shape index (κ3) is 10.2. The Morgan fingerprint density at radius 1 is 0.806 bits per heavy atom. The van der Waals surface area contributed by atoms with Gasteiger partial charge in [0.05, 0.1) is 18.6 Å². The smallest absolute Gasteiger partial charge is 0.326 e. The van der Waals surface area contributed by atoms with E-state index in [1.807, 2.05) is 13.8 Å². The minimum Gasteiger partial charge on any atom is -0.481 e. The SMILES string of the molecule is CC(C)CC(N)C(=O)NC(CC(=O)O)C(=O)NC(C(=O)NC(C(=O)O)C(C)C)C(C)O. The van der Waals surface area contributed by atoms with Gasteiger partial charge in [-0.3, -0.25) is 19.2 Å². The molecule has 0 rings (SSSR count). The first-order valence-electron chi connectivity index (χ1n) is 9.96. The number of amides is 3. The van der Waals surface area contributed by atoms with Gasteiger partial charge in [0.25, 0.3) is 0 Å². The van der Waals surface area contributed by atoms with Crippen molar-refractivity contribution < 1.29 is 39.3 Å². The fourth-order valence-electron chi connectivity index (χ4n) is 2.69. The summed E-state index contributed by atoms with van der Waals surface area (Å²) in [6.45, 7) is 7.99. The van der Waals surface area contributed by atoms with E-state index in [1.54, 1.807) is 13.8 Å². The average Bonchev–Trinajstić information content (AvgIpc) is 2.61. The second-order valence-electron chi connectivity index (χ2n) is 8.19. The van der Waals surface area contributed by atoms with Crippen LogP contribution in [0.4, 0.5) is 0 Å². The number of aliphatic hydroxyl groups excluding tert-OH is 1. The van der Waals surface area contributed by atoms with Crippen LogP contribution in [-0.4, -0.2) is 75.3 Å². The third-order valence-corrected chi connectivity index (χ3v) is 4.37. The first-order valence-corrected chi connectivity index (χ1v) is 9.96. The molecule has 0 aromatic rings. The molecule has 0 aliphatic rings. The van der Waals surface area contributed by atoms with Crippen molar-refractivity contribution in [1.29, 1.82) is 0 Å². The van der Waals surface area contributed by atoms with Crippen molar-refractivity contribution in [1.82, 2.24) is 16.0 Å². The lowest BCUT2D eigenvalue weighted by Gasteiger charge is -2.27. The number of aliphatic hydroxyl groups is 1. The zero-order chi connectivity index (χ0) is 24.5. The maximum absolute atomic E-state index is 12.6. The van der Waals surface area contributed by atoms with Gasteiger partial charge in [-0.05, 0) is 25.2 Å². The van der Waals surface area contributed by atoms with Gasteiger partial charge in [-0.2, -0.15) is 0 Å². The summed E-state index contributed by atoms with van der Waals surface area (Å²) in [7, 11) is 0. The number of hydrogen-bond donors (Lipinski definition) is 7. The maximum Gasteiger partial charge on any atom is 0.326 e. The van der Waals surface area contributed by atoms with Crippen LogP contribution in [0.5, 0.6) is 0 Å². The Hall–Kier alpha value is -2.73. The number of carboxylic acids is 2. The van der Waals surface area contributed by atoms with Crippen molar-refractivity contribution >= 4 is 29.7 Å². The molecule has 8 N–H and O–H groups in total. The second-order valence-corrected chi connectivity index (χ2v) is 8.19. The number of carboxylic acid groups (broad SMARTS) is 2. The number of carbonyl (C=O) groups excluding carboxylic acids is 3. The van der Waals surface area contributed by atoms with Crippen molar-refractivity contribution in [2.75, 3.05) is 0 Å². The first-order chi connectivity index (χ1) is 14.2. The highest BCUT2D eigenvalue weighted by atomic mass is 16.4. The molecule has 3 amide bonds. The number of aliphatic carboxylic acids is 2. The molecule has 31 heavy (non-hydrogen) atoms. The molecule has 0 bridgehead atoms. The Balaban J connectivity index is 5.43. The Morgan fingerprint density at radius 3 is 1.71 bits per heavy atom. The summed E-state index contributed by atoms with van der Waals surface area (Å²) in [6.07, 6.45) is -1.92. The van der Waals surface area contributed by atoms with Gasteiger partial charge in [-0.25, -0.2) is 4.79 Å². The molecule has 0 radical (unpaired) electrons. The van der Waals surface area contributed by atoms with E-state index in [2.05, 4.69) is 16.0 Å². The van der Waals surface area contributed by atoms with E-state index in [4.69, 9.17) is 10.8 Å². The fraction of sp³-hybridized carbons (Fsp3) is 0.737. The molecular weight excluding hydrogens is 412 g/mol. The predicted octanol–water partition coefficient (Wildman–Crippen LogP) is -1.59. The Morgan fingerprint density at radius 2 is 1.32 bits per heavy atom. The molecule has 5 atom stereocenters. The van der Waals surface area contributed by atoms with Crippen molar-refractivity contribution in [2.45, 2.75) is 77.7 Å². The number of nitrogens with two attached hydrogens (primary N) is 1. The molecule has 0 aromatic carbocycles. The molecule has 178 valence electrons. The van der Waals surface area contributed by atoms with E-state index < -0.39 is 72.3 Å². The van der Waals surface area contributed by atoms with Crippen LogP contribution in [0, 0.1) is 11.8 Å². The highest BCUT2D eigenvalue weighted by Crippen LogP contribution is 2.06. The summed E-state index contributed by atoms with van der Waals surface area (Å²) in [5.41, 5.74) is 5.76. The summed E-state index contributed by atoms with van der Waals surface area (Å²) in [5, 5.41) is 34.8. The van der Waals surface area contributed by atoms with E-state index in [-0.39, 0.29) is 5.92 Å². The molecular formula is C19H34N4O8. The molecule has 0 fully saturated rings. The van der Waals surface area contributed by atoms with Gasteiger partial charge in [0, 0.05) is 0 Å². The lowest BCUT2D eigenvalue weighted by atomic mass is 10.0. The third-order valence-electron chi connectivity index (χ3n) is 4.37. The van der Waals surface area contributed by atoms with Crippen molar-refractivity contribution in [2.24, 2.45) is 17.6 Å². The van der Waals surface area contributed by atoms with E-state index >= 15 is 0 Å². The summed E-state index contributed by atoms with van der Waals surface area (Å²) < 4.78 is 0.